The molecule has 0 amide bonds. The van der Waals surface area contributed by atoms with Gasteiger partial charge in [-0.15, -0.1) is 0 Å². The summed E-state index contributed by atoms with van der Waals surface area (Å²) in [7, 11) is 1.99. The van der Waals surface area contributed by atoms with Crippen LogP contribution in [0.25, 0.3) is 38.6 Å². The van der Waals surface area contributed by atoms with Gasteiger partial charge in [0.1, 0.15) is 16.7 Å². The van der Waals surface area contributed by atoms with Crippen LogP contribution in [0.3, 0.4) is 0 Å². The van der Waals surface area contributed by atoms with Crippen molar-refractivity contribution in [3.63, 3.8) is 0 Å². The number of aromatic amines is 1. The Morgan fingerprint density at radius 3 is 2.49 bits per heavy atom. The number of benzene rings is 3. The first-order chi connectivity index (χ1) is 18.1. The Morgan fingerprint density at radius 1 is 1.00 bits per heavy atom. The third-order valence-electron chi connectivity index (χ3n) is 6.61. The summed E-state index contributed by atoms with van der Waals surface area (Å²) < 4.78 is 0. The van der Waals surface area contributed by atoms with Gasteiger partial charge in [0.2, 0.25) is 0 Å². The molecule has 4 rings (SSSR count). The minimum Gasteiger partial charge on any atom is -0.373 e. The number of nitrogens with one attached hydrogen (secondary N) is 4. The van der Waals surface area contributed by atoms with E-state index in [1.54, 1.807) is 0 Å². The van der Waals surface area contributed by atoms with Gasteiger partial charge >= 0.3 is 0 Å². The van der Waals surface area contributed by atoms with Crippen molar-refractivity contribution in [3.8, 4) is 11.1 Å². The molecule has 0 aliphatic rings. The van der Waals surface area contributed by atoms with E-state index in [2.05, 4.69) is 89.0 Å². The monoisotopic (exact) mass is 516 g/mol. The number of halogens is 1. The number of nitrogens with zero attached hydrogens (tertiary/aromatic N) is 2. The normalized spacial score (nSPS) is 13.1. The van der Waals surface area contributed by atoms with Crippen LogP contribution in [-0.2, 0) is 0 Å². The van der Waals surface area contributed by atoms with Crippen LogP contribution in [0.1, 0.15) is 50.5 Å². The van der Waals surface area contributed by atoms with E-state index in [9.17, 15) is 0 Å². The molecule has 3 aromatic carbocycles. The van der Waals surface area contributed by atoms with E-state index >= 15 is 0 Å². The fraction of sp³-hybridized carbons (Fsp3) is 0.333. The lowest BCUT2D eigenvalue weighted by Gasteiger charge is -2.11. The number of H-pyrrole nitrogens is 1. The fourth-order valence-electron chi connectivity index (χ4n) is 4.63. The van der Waals surface area contributed by atoms with Crippen LogP contribution in [0.5, 0.6) is 0 Å². The Kier molecular flexibility index (Phi) is 9.34. The molecule has 194 valence electrons. The number of fused-ring (bicyclic) bond motifs is 3. The molecule has 0 bridgehead atoms. The summed E-state index contributed by atoms with van der Waals surface area (Å²) in [6.45, 7) is 10.6. The number of imidazole rings is 1. The zero-order valence-electron chi connectivity index (χ0n) is 22.0. The van der Waals surface area contributed by atoms with Crippen LogP contribution in [0, 0.1) is 0 Å². The molecule has 0 radical (unpaired) electrons. The maximum Gasteiger partial charge on any atom is 0.128 e. The highest BCUT2D eigenvalue weighted by Gasteiger charge is 2.15. The van der Waals surface area contributed by atoms with Gasteiger partial charge in [0.15, 0.2) is 0 Å². The lowest BCUT2D eigenvalue weighted by Crippen LogP contribution is -2.26. The van der Waals surface area contributed by atoms with E-state index in [0.717, 1.165) is 77.8 Å². The highest BCUT2D eigenvalue weighted by Crippen LogP contribution is 2.31. The summed E-state index contributed by atoms with van der Waals surface area (Å²) >= 11 is 6.51. The molecular formula is C30H37ClN6. The third-order valence-corrected chi connectivity index (χ3v) is 6.92. The summed E-state index contributed by atoms with van der Waals surface area (Å²) in [5, 5.41) is 12.8. The molecule has 0 saturated heterocycles. The molecule has 0 aliphatic carbocycles. The van der Waals surface area contributed by atoms with Crippen LogP contribution in [-0.4, -0.2) is 43.4 Å². The van der Waals surface area contributed by atoms with E-state index in [1.165, 1.54) is 5.39 Å². The second-order valence-corrected chi connectivity index (χ2v) is 9.60. The van der Waals surface area contributed by atoms with Gasteiger partial charge in [-0.25, -0.2) is 4.98 Å². The van der Waals surface area contributed by atoms with Crippen LogP contribution < -0.4 is 16.0 Å². The van der Waals surface area contributed by atoms with E-state index in [1.807, 2.05) is 19.2 Å². The zero-order chi connectivity index (χ0) is 26.2. The molecule has 4 N–H and O–H groups in total. The molecule has 0 fully saturated rings. The standard InChI is InChI=1S/C30H37ClN6/c1-5-7-26(32-3)30-36-25-15-13-23-19-22(12-14-24(23)28(25)37-30)20-8-10-21(11-9-20)27(33-4)29(31)35-18-17-34-16-6-2/h8-15,19,26,32,34-35H,4-7,16-18H2,1-3H3,(H,36,37)/b29-27-. The van der Waals surface area contributed by atoms with Gasteiger partial charge in [0.25, 0.3) is 0 Å². The van der Waals surface area contributed by atoms with Crippen LogP contribution in [0.15, 0.2) is 64.7 Å². The Bertz CT molecular complexity index is 1370. The summed E-state index contributed by atoms with van der Waals surface area (Å²) in [4.78, 5) is 12.7. The SMILES string of the molecule is C=N/C(=C(/Cl)NCCNCCC)c1ccc(-c2ccc3c(ccc4[nH]c(C(CCC)NC)nc43)c2)cc1. The largest absolute Gasteiger partial charge is 0.373 e. The molecule has 0 aliphatic heterocycles. The minimum absolute atomic E-state index is 0.232. The molecule has 0 saturated carbocycles. The van der Waals surface area contributed by atoms with E-state index < -0.39 is 0 Å². The maximum absolute atomic E-state index is 6.51. The number of aromatic nitrogens is 2. The van der Waals surface area contributed by atoms with Crippen molar-refractivity contribution in [2.45, 2.75) is 39.2 Å². The number of hydrogen-bond acceptors (Lipinski definition) is 5. The lowest BCUT2D eigenvalue weighted by atomic mass is 9.99. The fourth-order valence-corrected chi connectivity index (χ4v) is 4.89. The quantitative estimate of drug-likeness (QED) is 0.0917. The Morgan fingerprint density at radius 2 is 1.78 bits per heavy atom. The molecule has 6 nitrogen and oxygen atoms in total. The van der Waals surface area contributed by atoms with Gasteiger partial charge in [-0.05, 0) is 61.8 Å². The van der Waals surface area contributed by atoms with E-state index in [4.69, 9.17) is 16.6 Å². The van der Waals surface area contributed by atoms with Gasteiger partial charge in [-0.1, -0.05) is 74.3 Å². The molecule has 1 aromatic heterocycles. The van der Waals surface area contributed by atoms with E-state index in [0.29, 0.717) is 10.9 Å². The first-order valence-corrected chi connectivity index (χ1v) is 13.5. The first kappa shape index (κ1) is 26.9. The van der Waals surface area contributed by atoms with Crippen molar-refractivity contribution in [1.82, 2.24) is 25.9 Å². The lowest BCUT2D eigenvalue weighted by molar-refractivity contribution is 0.519. The summed E-state index contributed by atoms with van der Waals surface area (Å²) in [5.74, 6) is 0.997. The molecule has 1 unspecified atom stereocenters. The summed E-state index contributed by atoms with van der Waals surface area (Å²) in [6.07, 6.45) is 3.26. The predicted molar refractivity (Wildman–Crippen MR) is 159 cm³/mol. The zero-order valence-corrected chi connectivity index (χ0v) is 22.8. The average Bonchev–Trinajstić information content (AvgIpc) is 3.37. The first-order valence-electron chi connectivity index (χ1n) is 13.1. The second-order valence-electron chi connectivity index (χ2n) is 9.22. The van der Waals surface area contributed by atoms with Gasteiger partial charge in [0.05, 0.1) is 17.1 Å². The van der Waals surface area contributed by atoms with Crippen LogP contribution in [0.4, 0.5) is 0 Å². The molecule has 1 heterocycles. The topological polar surface area (TPSA) is 77.1 Å². The maximum atomic E-state index is 6.51. The summed E-state index contributed by atoms with van der Waals surface area (Å²) in [6, 6.07) is 19.3. The van der Waals surface area contributed by atoms with E-state index in [-0.39, 0.29) is 6.04 Å². The van der Waals surface area contributed by atoms with Gasteiger partial charge in [-0.3, -0.25) is 4.99 Å². The minimum atomic E-state index is 0.232. The molecule has 1 atom stereocenters. The Labute approximate surface area is 224 Å². The van der Waals surface area contributed by atoms with Crippen molar-refractivity contribution >= 4 is 45.8 Å². The van der Waals surface area contributed by atoms with Crippen molar-refractivity contribution in [1.29, 1.82) is 0 Å². The van der Waals surface area contributed by atoms with Crippen LogP contribution >= 0.6 is 11.6 Å². The Balaban J connectivity index is 1.56. The van der Waals surface area contributed by atoms with Crippen molar-refractivity contribution in [2.24, 2.45) is 4.99 Å². The van der Waals surface area contributed by atoms with Gasteiger partial charge in [0, 0.05) is 24.0 Å². The third kappa shape index (κ3) is 6.21. The molecule has 37 heavy (non-hydrogen) atoms. The highest BCUT2D eigenvalue weighted by atomic mass is 35.5. The average molecular weight is 517 g/mol. The number of aliphatic imine (C=N–C) groups is 1. The molecular weight excluding hydrogens is 480 g/mol. The van der Waals surface area contributed by atoms with Gasteiger partial charge in [-0.2, -0.15) is 0 Å². The second kappa shape index (κ2) is 12.9. The molecule has 0 spiro atoms. The van der Waals surface area contributed by atoms with Crippen molar-refractivity contribution in [2.75, 3.05) is 26.7 Å². The molecule has 7 heteroatoms. The Hall–Kier alpha value is -3.19. The van der Waals surface area contributed by atoms with Crippen molar-refractivity contribution < 1.29 is 0 Å². The number of rotatable bonds is 13. The van der Waals surface area contributed by atoms with Gasteiger partial charge < -0.3 is 20.9 Å². The number of hydrogen-bond donors (Lipinski definition) is 4. The highest BCUT2D eigenvalue weighted by molar-refractivity contribution is 6.32. The molecule has 4 aromatic rings. The summed E-state index contributed by atoms with van der Waals surface area (Å²) in [5.41, 5.74) is 5.94. The van der Waals surface area contributed by atoms with Crippen molar-refractivity contribution in [3.05, 3.63) is 71.1 Å². The predicted octanol–water partition coefficient (Wildman–Crippen LogP) is 6.60. The smallest absolute Gasteiger partial charge is 0.128 e. The van der Waals surface area contributed by atoms with Crippen LogP contribution in [0.2, 0.25) is 0 Å².